The van der Waals surface area contributed by atoms with Crippen LogP contribution in [0, 0.1) is 0 Å². The first-order valence-corrected chi connectivity index (χ1v) is 7.69. The van der Waals surface area contributed by atoms with E-state index in [0.717, 1.165) is 28.6 Å². The molecule has 0 fully saturated rings. The van der Waals surface area contributed by atoms with E-state index in [9.17, 15) is 0 Å². The lowest BCUT2D eigenvalue weighted by atomic mass is 10.0. The van der Waals surface area contributed by atoms with Gasteiger partial charge >= 0.3 is 0 Å². The van der Waals surface area contributed by atoms with Gasteiger partial charge < -0.3 is 10.5 Å². The number of para-hydroxylation sites is 1. The Hall–Kier alpha value is -1.32. The summed E-state index contributed by atoms with van der Waals surface area (Å²) in [6.45, 7) is 2.66. The molecule has 0 amide bonds. The van der Waals surface area contributed by atoms with Crippen molar-refractivity contribution in [2.45, 2.75) is 32.4 Å². The molecule has 0 aliphatic heterocycles. The largest absolute Gasteiger partial charge is 0.489 e. The van der Waals surface area contributed by atoms with Crippen LogP contribution in [0.1, 0.15) is 24.5 Å². The van der Waals surface area contributed by atoms with Crippen LogP contribution in [-0.4, -0.2) is 6.04 Å². The number of rotatable bonds is 6. The molecule has 20 heavy (non-hydrogen) atoms. The molecule has 3 heteroatoms. The van der Waals surface area contributed by atoms with Crippen LogP contribution in [0.4, 0.5) is 0 Å². The Morgan fingerprint density at radius 2 is 1.70 bits per heavy atom. The number of halogens is 1. The second-order valence-electron chi connectivity index (χ2n) is 4.86. The molecule has 0 spiro atoms. The fourth-order valence-electron chi connectivity index (χ4n) is 2.01. The van der Waals surface area contributed by atoms with E-state index in [1.54, 1.807) is 0 Å². The number of hydrogen-bond acceptors (Lipinski definition) is 2. The van der Waals surface area contributed by atoms with Crippen LogP contribution in [0.25, 0.3) is 0 Å². The van der Waals surface area contributed by atoms with Gasteiger partial charge in [0.1, 0.15) is 12.4 Å². The third-order valence-corrected chi connectivity index (χ3v) is 4.09. The molecule has 0 radical (unpaired) electrons. The van der Waals surface area contributed by atoms with Crippen molar-refractivity contribution >= 4 is 15.9 Å². The quantitative estimate of drug-likeness (QED) is 0.854. The predicted octanol–water partition coefficient (Wildman–Crippen LogP) is 4.31. The van der Waals surface area contributed by atoms with Crippen molar-refractivity contribution in [1.29, 1.82) is 0 Å². The Bertz CT molecular complexity index is 556. The van der Waals surface area contributed by atoms with Gasteiger partial charge in [-0.2, -0.15) is 0 Å². The Balaban J connectivity index is 2.08. The molecule has 0 bridgehead atoms. The third-order valence-electron chi connectivity index (χ3n) is 3.32. The topological polar surface area (TPSA) is 35.2 Å². The van der Waals surface area contributed by atoms with Gasteiger partial charge in [0.25, 0.3) is 0 Å². The summed E-state index contributed by atoms with van der Waals surface area (Å²) in [5.74, 6) is 0.923. The molecular weight excluding hydrogens is 314 g/mol. The van der Waals surface area contributed by atoms with E-state index in [1.165, 1.54) is 5.56 Å². The maximum absolute atomic E-state index is 6.04. The smallest absolute Gasteiger partial charge is 0.123 e. The fraction of sp³-hybridized carbons (Fsp3) is 0.294. The monoisotopic (exact) mass is 333 g/mol. The van der Waals surface area contributed by atoms with Crippen molar-refractivity contribution in [3.63, 3.8) is 0 Å². The molecule has 0 aliphatic rings. The summed E-state index contributed by atoms with van der Waals surface area (Å²) in [5, 5.41) is 0. The van der Waals surface area contributed by atoms with Crippen molar-refractivity contribution < 1.29 is 4.74 Å². The average molecular weight is 334 g/mol. The van der Waals surface area contributed by atoms with E-state index >= 15 is 0 Å². The maximum atomic E-state index is 6.04. The minimum atomic E-state index is 0.184. The second-order valence-corrected chi connectivity index (χ2v) is 5.71. The summed E-state index contributed by atoms with van der Waals surface area (Å²) in [6.07, 6.45) is 1.82. The Morgan fingerprint density at radius 1 is 1.05 bits per heavy atom. The van der Waals surface area contributed by atoms with Crippen LogP contribution in [-0.2, 0) is 13.0 Å². The summed E-state index contributed by atoms with van der Waals surface area (Å²) < 4.78 is 7.04. The number of hydrogen-bond donors (Lipinski definition) is 1. The number of benzene rings is 2. The first-order chi connectivity index (χ1) is 9.70. The van der Waals surface area contributed by atoms with Crippen molar-refractivity contribution in [1.82, 2.24) is 0 Å². The SMILES string of the molecule is CCC(N)Cc1ccccc1OCc1ccccc1Br. The van der Waals surface area contributed by atoms with Crippen molar-refractivity contribution in [3.05, 3.63) is 64.1 Å². The van der Waals surface area contributed by atoms with Crippen LogP contribution in [0.15, 0.2) is 53.0 Å². The fourth-order valence-corrected chi connectivity index (χ4v) is 2.41. The number of nitrogens with two attached hydrogens (primary N) is 1. The summed E-state index contributed by atoms with van der Waals surface area (Å²) in [4.78, 5) is 0. The van der Waals surface area contributed by atoms with Gasteiger partial charge in [-0.05, 0) is 30.5 Å². The maximum Gasteiger partial charge on any atom is 0.123 e. The van der Waals surface area contributed by atoms with Crippen LogP contribution in [0.3, 0.4) is 0 Å². The van der Waals surface area contributed by atoms with E-state index in [-0.39, 0.29) is 6.04 Å². The molecular formula is C17H20BrNO. The Labute approximate surface area is 129 Å². The zero-order valence-electron chi connectivity index (χ0n) is 11.7. The van der Waals surface area contributed by atoms with Crippen LogP contribution < -0.4 is 10.5 Å². The van der Waals surface area contributed by atoms with Crippen LogP contribution in [0.5, 0.6) is 5.75 Å². The average Bonchev–Trinajstić information content (AvgIpc) is 2.47. The van der Waals surface area contributed by atoms with E-state index in [2.05, 4.69) is 35.0 Å². The van der Waals surface area contributed by atoms with Gasteiger partial charge in [0.05, 0.1) is 0 Å². The standard InChI is InChI=1S/C17H20BrNO/c1-2-15(19)11-13-7-4-6-10-17(13)20-12-14-8-3-5-9-16(14)18/h3-10,15H,2,11-12,19H2,1H3. The molecule has 0 saturated carbocycles. The molecule has 2 aromatic rings. The molecule has 1 atom stereocenters. The first kappa shape index (κ1) is 15.1. The highest BCUT2D eigenvalue weighted by Gasteiger charge is 2.08. The lowest BCUT2D eigenvalue weighted by Crippen LogP contribution is -2.21. The molecule has 0 aliphatic carbocycles. The van der Waals surface area contributed by atoms with Gasteiger partial charge in [-0.1, -0.05) is 59.3 Å². The molecule has 106 valence electrons. The molecule has 2 rings (SSSR count). The van der Waals surface area contributed by atoms with E-state index in [0.29, 0.717) is 6.61 Å². The zero-order valence-corrected chi connectivity index (χ0v) is 13.3. The number of ether oxygens (including phenoxy) is 1. The van der Waals surface area contributed by atoms with Gasteiger partial charge in [0, 0.05) is 16.1 Å². The minimum Gasteiger partial charge on any atom is -0.489 e. The van der Waals surface area contributed by atoms with Crippen molar-refractivity contribution in [2.75, 3.05) is 0 Å². The van der Waals surface area contributed by atoms with Crippen LogP contribution >= 0.6 is 15.9 Å². The highest BCUT2D eigenvalue weighted by Crippen LogP contribution is 2.23. The third kappa shape index (κ3) is 4.09. The van der Waals surface area contributed by atoms with Crippen LogP contribution in [0.2, 0.25) is 0 Å². The highest BCUT2D eigenvalue weighted by molar-refractivity contribution is 9.10. The lowest BCUT2D eigenvalue weighted by molar-refractivity contribution is 0.301. The molecule has 1 unspecified atom stereocenters. The van der Waals surface area contributed by atoms with Gasteiger partial charge in [-0.15, -0.1) is 0 Å². The Kier molecular flexibility index (Phi) is 5.62. The lowest BCUT2D eigenvalue weighted by Gasteiger charge is -2.14. The summed E-state index contributed by atoms with van der Waals surface area (Å²) in [6, 6.07) is 16.4. The summed E-state index contributed by atoms with van der Waals surface area (Å²) in [7, 11) is 0. The normalized spacial score (nSPS) is 12.2. The minimum absolute atomic E-state index is 0.184. The molecule has 2 N–H and O–H groups in total. The molecule has 0 saturated heterocycles. The molecule has 2 aromatic carbocycles. The predicted molar refractivity (Wildman–Crippen MR) is 86.9 cm³/mol. The van der Waals surface area contributed by atoms with Gasteiger partial charge in [0.15, 0.2) is 0 Å². The molecule has 2 nitrogen and oxygen atoms in total. The Morgan fingerprint density at radius 3 is 2.40 bits per heavy atom. The van der Waals surface area contributed by atoms with E-state index < -0.39 is 0 Å². The summed E-state index contributed by atoms with van der Waals surface area (Å²) >= 11 is 3.54. The zero-order chi connectivity index (χ0) is 14.4. The molecule has 0 aromatic heterocycles. The van der Waals surface area contributed by atoms with E-state index in [1.807, 2.05) is 36.4 Å². The van der Waals surface area contributed by atoms with Gasteiger partial charge in [-0.25, -0.2) is 0 Å². The second kappa shape index (κ2) is 7.46. The molecule has 0 heterocycles. The highest BCUT2D eigenvalue weighted by atomic mass is 79.9. The van der Waals surface area contributed by atoms with Crippen molar-refractivity contribution in [2.24, 2.45) is 5.73 Å². The van der Waals surface area contributed by atoms with Gasteiger partial charge in [0.2, 0.25) is 0 Å². The van der Waals surface area contributed by atoms with Crippen molar-refractivity contribution in [3.8, 4) is 5.75 Å². The first-order valence-electron chi connectivity index (χ1n) is 6.90. The van der Waals surface area contributed by atoms with E-state index in [4.69, 9.17) is 10.5 Å². The summed E-state index contributed by atoms with van der Waals surface area (Å²) in [5.41, 5.74) is 8.36. The van der Waals surface area contributed by atoms with Gasteiger partial charge in [-0.3, -0.25) is 0 Å².